The largest absolute Gasteiger partial charge is 0.347 e. The minimum absolute atomic E-state index is 0.0864. The normalized spacial score (nSPS) is 14.7. The number of halogens is 1. The van der Waals surface area contributed by atoms with Gasteiger partial charge in [0, 0.05) is 17.1 Å². The second-order valence-electron chi connectivity index (χ2n) is 7.25. The number of amides is 2. The van der Waals surface area contributed by atoms with E-state index in [0.29, 0.717) is 22.0 Å². The molecule has 29 heavy (non-hydrogen) atoms. The number of hydrogen-bond donors (Lipinski definition) is 2. The van der Waals surface area contributed by atoms with E-state index in [-0.39, 0.29) is 17.4 Å². The van der Waals surface area contributed by atoms with Crippen LogP contribution in [0.4, 0.5) is 0 Å². The van der Waals surface area contributed by atoms with Crippen molar-refractivity contribution in [1.82, 2.24) is 10.6 Å². The highest BCUT2D eigenvalue weighted by Gasteiger charge is 2.40. The molecule has 0 radical (unpaired) electrons. The minimum atomic E-state index is -0.310. The Morgan fingerprint density at radius 2 is 1.69 bits per heavy atom. The summed E-state index contributed by atoms with van der Waals surface area (Å²) >= 11 is 7.41. The molecule has 2 aromatic carbocycles. The van der Waals surface area contributed by atoms with Gasteiger partial charge in [-0.2, -0.15) is 0 Å². The minimum Gasteiger partial charge on any atom is -0.347 e. The van der Waals surface area contributed by atoms with Crippen LogP contribution in [0.25, 0.3) is 0 Å². The first kappa shape index (κ1) is 19.7. The molecule has 0 saturated heterocycles. The quantitative estimate of drug-likeness (QED) is 0.575. The molecule has 0 aliphatic heterocycles. The highest BCUT2D eigenvalue weighted by atomic mass is 35.5. The zero-order chi connectivity index (χ0) is 20.3. The predicted molar refractivity (Wildman–Crippen MR) is 116 cm³/mol. The molecule has 0 unspecified atom stereocenters. The summed E-state index contributed by atoms with van der Waals surface area (Å²) in [4.78, 5) is 25.5. The third-order valence-electron chi connectivity index (χ3n) is 5.37. The van der Waals surface area contributed by atoms with Crippen LogP contribution in [0.1, 0.15) is 50.4 Å². The molecule has 6 heteroatoms. The van der Waals surface area contributed by atoms with Crippen LogP contribution in [0.15, 0.2) is 66.0 Å². The fraction of sp³-hybridized carbons (Fsp3) is 0.217. The molecule has 4 nitrogen and oxygen atoms in total. The Labute approximate surface area is 178 Å². The summed E-state index contributed by atoms with van der Waals surface area (Å²) in [6.07, 6.45) is 2.94. The van der Waals surface area contributed by atoms with Crippen LogP contribution in [0.2, 0.25) is 5.02 Å². The summed E-state index contributed by atoms with van der Waals surface area (Å²) in [6.45, 7) is 0.424. The monoisotopic (exact) mass is 424 g/mol. The van der Waals surface area contributed by atoms with E-state index in [9.17, 15) is 9.59 Å². The summed E-state index contributed by atoms with van der Waals surface area (Å²) in [6, 6.07) is 18.7. The van der Waals surface area contributed by atoms with E-state index in [1.807, 2.05) is 47.8 Å². The van der Waals surface area contributed by atoms with E-state index < -0.39 is 0 Å². The number of thiophene rings is 1. The molecule has 1 aromatic heterocycles. The first-order chi connectivity index (χ1) is 14.1. The second-order valence-corrected chi connectivity index (χ2v) is 8.64. The molecule has 0 bridgehead atoms. The smallest absolute Gasteiger partial charge is 0.261 e. The Hall–Kier alpha value is -2.63. The Morgan fingerprint density at radius 1 is 0.966 bits per heavy atom. The van der Waals surface area contributed by atoms with Gasteiger partial charge in [0.25, 0.3) is 11.8 Å². The summed E-state index contributed by atoms with van der Waals surface area (Å²) in [5.41, 5.74) is 2.34. The fourth-order valence-corrected chi connectivity index (χ4v) is 4.29. The van der Waals surface area contributed by atoms with Gasteiger partial charge in [-0.05, 0) is 66.1 Å². The van der Waals surface area contributed by atoms with Crippen molar-refractivity contribution in [2.45, 2.75) is 31.3 Å². The van der Waals surface area contributed by atoms with Gasteiger partial charge >= 0.3 is 0 Å². The zero-order valence-electron chi connectivity index (χ0n) is 15.8. The van der Waals surface area contributed by atoms with E-state index in [1.54, 1.807) is 18.2 Å². The Kier molecular flexibility index (Phi) is 5.69. The van der Waals surface area contributed by atoms with Crippen LogP contribution in [-0.2, 0) is 12.1 Å². The molecule has 1 fully saturated rings. The zero-order valence-corrected chi connectivity index (χ0v) is 17.4. The van der Waals surface area contributed by atoms with Gasteiger partial charge in [-0.3, -0.25) is 9.59 Å². The van der Waals surface area contributed by atoms with Crippen molar-refractivity contribution in [2.75, 3.05) is 0 Å². The Morgan fingerprint density at radius 3 is 2.28 bits per heavy atom. The molecular formula is C23H21ClN2O2S. The van der Waals surface area contributed by atoms with E-state index in [2.05, 4.69) is 10.6 Å². The van der Waals surface area contributed by atoms with Gasteiger partial charge < -0.3 is 10.6 Å². The standard InChI is InChI=1S/C23H21ClN2O2S/c24-19-10-8-18(9-11-19)23(12-2-13-23)26-21(27)17-6-4-16(5-7-17)15-25-22(28)20-3-1-14-29-20/h1,3-11,14H,2,12-13,15H2,(H,25,28)(H,26,27). The summed E-state index contributed by atoms with van der Waals surface area (Å²) in [7, 11) is 0. The van der Waals surface area contributed by atoms with Crippen LogP contribution in [0.5, 0.6) is 0 Å². The number of nitrogens with one attached hydrogen (secondary N) is 2. The van der Waals surface area contributed by atoms with Gasteiger partial charge in [0.15, 0.2) is 0 Å². The fourth-order valence-electron chi connectivity index (χ4n) is 3.53. The van der Waals surface area contributed by atoms with Crippen molar-refractivity contribution >= 4 is 34.8 Å². The number of hydrogen-bond acceptors (Lipinski definition) is 3. The van der Waals surface area contributed by atoms with Crippen LogP contribution >= 0.6 is 22.9 Å². The first-order valence-electron chi connectivity index (χ1n) is 9.55. The molecule has 0 atom stereocenters. The lowest BCUT2D eigenvalue weighted by molar-refractivity contribution is 0.0822. The van der Waals surface area contributed by atoms with E-state index >= 15 is 0 Å². The molecule has 1 aliphatic rings. The lowest BCUT2D eigenvalue weighted by Crippen LogP contribution is -2.50. The van der Waals surface area contributed by atoms with E-state index in [4.69, 9.17) is 11.6 Å². The van der Waals surface area contributed by atoms with Gasteiger partial charge in [-0.15, -0.1) is 11.3 Å². The summed E-state index contributed by atoms with van der Waals surface area (Å²) < 4.78 is 0. The topological polar surface area (TPSA) is 58.2 Å². The number of carbonyl (C=O) groups excluding carboxylic acids is 2. The maximum absolute atomic E-state index is 12.8. The predicted octanol–water partition coefficient (Wildman–Crippen LogP) is 5.14. The van der Waals surface area contributed by atoms with Gasteiger partial charge in [-0.1, -0.05) is 41.9 Å². The third-order valence-corrected chi connectivity index (χ3v) is 6.49. The van der Waals surface area contributed by atoms with Gasteiger partial charge in [0.1, 0.15) is 0 Å². The van der Waals surface area contributed by atoms with Gasteiger partial charge in [0.2, 0.25) is 0 Å². The molecule has 0 spiro atoms. The molecule has 1 aliphatic carbocycles. The van der Waals surface area contributed by atoms with Crippen molar-refractivity contribution in [3.05, 3.63) is 92.6 Å². The van der Waals surface area contributed by atoms with Crippen molar-refractivity contribution in [1.29, 1.82) is 0 Å². The molecule has 2 amide bonds. The number of benzene rings is 2. The molecule has 2 N–H and O–H groups in total. The SMILES string of the molecule is O=C(NC1(c2ccc(Cl)cc2)CCC1)c1ccc(CNC(=O)c2cccs2)cc1. The third kappa shape index (κ3) is 4.36. The van der Waals surface area contributed by atoms with E-state index in [0.717, 1.165) is 30.4 Å². The van der Waals surface area contributed by atoms with Crippen LogP contribution in [0, 0.1) is 0 Å². The van der Waals surface area contributed by atoms with Crippen LogP contribution in [0.3, 0.4) is 0 Å². The van der Waals surface area contributed by atoms with Crippen molar-refractivity contribution in [3.8, 4) is 0 Å². The molecule has 1 saturated carbocycles. The van der Waals surface area contributed by atoms with Crippen molar-refractivity contribution in [2.24, 2.45) is 0 Å². The lowest BCUT2D eigenvalue weighted by atomic mass is 9.71. The van der Waals surface area contributed by atoms with Crippen LogP contribution < -0.4 is 10.6 Å². The molecule has 1 heterocycles. The molecule has 148 valence electrons. The average molecular weight is 425 g/mol. The Bertz CT molecular complexity index is 994. The lowest BCUT2D eigenvalue weighted by Gasteiger charge is -2.43. The highest BCUT2D eigenvalue weighted by Crippen LogP contribution is 2.41. The summed E-state index contributed by atoms with van der Waals surface area (Å²) in [5, 5.41) is 8.68. The van der Waals surface area contributed by atoms with E-state index in [1.165, 1.54) is 11.3 Å². The van der Waals surface area contributed by atoms with Crippen molar-refractivity contribution in [3.63, 3.8) is 0 Å². The van der Waals surface area contributed by atoms with Gasteiger partial charge in [-0.25, -0.2) is 0 Å². The molecular weight excluding hydrogens is 404 g/mol. The van der Waals surface area contributed by atoms with Crippen LogP contribution in [-0.4, -0.2) is 11.8 Å². The maximum atomic E-state index is 12.8. The Balaban J connectivity index is 1.39. The molecule has 3 aromatic rings. The molecule has 4 rings (SSSR count). The maximum Gasteiger partial charge on any atom is 0.261 e. The number of carbonyl (C=O) groups is 2. The summed E-state index contributed by atoms with van der Waals surface area (Å²) in [5.74, 6) is -0.175. The van der Waals surface area contributed by atoms with Gasteiger partial charge in [0.05, 0.1) is 10.4 Å². The van der Waals surface area contributed by atoms with Crippen molar-refractivity contribution < 1.29 is 9.59 Å². The highest BCUT2D eigenvalue weighted by molar-refractivity contribution is 7.12. The first-order valence-corrected chi connectivity index (χ1v) is 10.8. The number of rotatable bonds is 6. The second kappa shape index (κ2) is 8.39. The average Bonchev–Trinajstić information content (AvgIpc) is 3.25.